The van der Waals surface area contributed by atoms with E-state index in [0.29, 0.717) is 37.1 Å². The van der Waals surface area contributed by atoms with Gasteiger partial charge in [0.2, 0.25) is 11.8 Å². The lowest BCUT2D eigenvalue weighted by Crippen LogP contribution is -2.49. The van der Waals surface area contributed by atoms with Crippen LogP contribution in [0.4, 0.5) is 5.69 Å². The van der Waals surface area contributed by atoms with Gasteiger partial charge in [-0.1, -0.05) is 18.9 Å². The van der Waals surface area contributed by atoms with E-state index in [9.17, 15) is 9.59 Å². The fraction of sp³-hybridized carbons (Fsp3) is 0.571. The molecule has 0 unspecified atom stereocenters. The maximum absolute atomic E-state index is 12.7. The number of nitrogens with zero attached hydrogens (tertiary/aromatic N) is 2. The first kappa shape index (κ1) is 26.0. The van der Waals surface area contributed by atoms with Crippen LogP contribution >= 0.6 is 24.0 Å². The number of benzene rings is 1. The highest BCUT2D eigenvalue weighted by Crippen LogP contribution is 2.38. The van der Waals surface area contributed by atoms with Crippen molar-refractivity contribution in [2.75, 3.05) is 46.2 Å². The van der Waals surface area contributed by atoms with Crippen molar-refractivity contribution < 1.29 is 14.3 Å². The minimum absolute atomic E-state index is 0. The Morgan fingerprint density at radius 1 is 1.20 bits per heavy atom. The van der Waals surface area contributed by atoms with Gasteiger partial charge >= 0.3 is 0 Å². The summed E-state index contributed by atoms with van der Waals surface area (Å²) in [5, 5.41) is 9.25. The Kier molecular flexibility index (Phi) is 10.9. The first-order valence-corrected chi connectivity index (χ1v) is 10.0. The number of carbonyl (C=O) groups is 2. The fourth-order valence-corrected chi connectivity index (χ4v) is 3.67. The first-order chi connectivity index (χ1) is 13.9. The number of hydrogen-bond donors (Lipinski definition) is 3. The van der Waals surface area contributed by atoms with Crippen molar-refractivity contribution in [3.63, 3.8) is 0 Å². The van der Waals surface area contributed by atoms with Crippen LogP contribution in [0.1, 0.15) is 32.6 Å². The second-order valence-electron chi connectivity index (χ2n) is 7.60. The molecule has 1 fully saturated rings. The molecule has 1 aromatic carbocycles. The van der Waals surface area contributed by atoms with Crippen molar-refractivity contribution in [1.82, 2.24) is 15.5 Å². The van der Waals surface area contributed by atoms with E-state index in [0.717, 1.165) is 25.7 Å². The summed E-state index contributed by atoms with van der Waals surface area (Å²) < 4.78 is 5.73. The summed E-state index contributed by atoms with van der Waals surface area (Å²) in [6, 6.07) is 7.27. The van der Waals surface area contributed by atoms with Crippen LogP contribution in [0.5, 0.6) is 5.75 Å². The van der Waals surface area contributed by atoms with Gasteiger partial charge in [-0.15, -0.1) is 24.0 Å². The molecule has 0 spiro atoms. The number of amides is 2. The van der Waals surface area contributed by atoms with Gasteiger partial charge in [0.05, 0.1) is 12.0 Å². The van der Waals surface area contributed by atoms with E-state index in [-0.39, 0.29) is 41.2 Å². The molecule has 0 saturated heterocycles. The zero-order valence-electron chi connectivity index (χ0n) is 18.3. The van der Waals surface area contributed by atoms with Gasteiger partial charge < -0.3 is 25.6 Å². The molecule has 1 aliphatic rings. The van der Waals surface area contributed by atoms with Crippen LogP contribution in [0.15, 0.2) is 29.3 Å². The molecule has 9 heteroatoms. The zero-order valence-corrected chi connectivity index (χ0v) is 20.6. The lowest BCUT2D eigenvalue weighted by molar-refractivity contribution is -0.138. The number of halogens is 1. The summed E-state index contributed by atoms with van der Waals surface area (Å²) in [6.45, 7) is 3.03. The number of hydrogen-bond acceptors (Lipinski definition) is 4. The molecule has 0 radical (unpaired) electrons. The van der Waals surface area contributed by atoms with E-state index >= 15 is 0 Å². The first-order valence-electron chi connectivity index (χ1n) is 10.0. The Bertz CT molecular complexity index is 733. The van der Waals surface area contributed by atoms with Crippen LogP contribution in [-0.2, 0) is 9.59 Å². The molecular formula is C21H34IN5O3. The SMILES string of the molecule is CN=C(NCCOc1cccc(NC(C)=O)c1)NCC1(C(=O)N(C)C)CCCC1.I. The van der Waals surface area contributed by atoms with E-state index in [2.05, 4.69) is 20.9 Å². The van der Waals surface area contributed by atoms with Crippen molar-refractivity contribution in [2.24, 2.45) is 10.4 Å². The molecule has 168 valence electrons. The van der Waals surface area contributed by atoms with E-state index in [4.69, 9.17) is 4.74 Å². The predicted molar refractivity (Wildman–Crippen MR) is 131 cm³/mol. The average molecular weight is 531 g/mol. The van der Waals surface area contributed by atoms with Gasteiger partial charge in [-0.05, 0) is 25.0 Å². The third kappa shape index (κ3) is 7.66. The molecule has 0 heterocycles. The summed E-state index contributed by atoms with van der Waals surface area (Å²) in [6.07, 6.45) is 3.97. The molecule has 30 heavy (non-hydrogen) atoms. The van der Waals surface area contributed by atoms with Crippen LogP contribution in [-0.4, -0.2) is 63.5 Å². The second kappa shape index (κ2) is 12.6. The summed E-state index contributed by atoms with van der Waals surface area (Å²) >= 11 is 0. The number of anilines is 1. The zero-order chi connectivity index (χ0) is 21.3. The third-order valence-electron chi connectivity index (χ3n) is 5.06. The molecule has 1 saturated carbocycles. The maximum atomic E-state index is 12.7. The van der Waals surface area contributed by atoms with Gasteiger partial charge in [-0.25, -0.2) is 0 Å². The summed E-state index contributed by atoms with van der Waals surface area (Å²) in [5.41, 5.74) is 0.356. The molecule has 1 aromatic rings. The lowest BCUT2D eigenvalue weighted by atomic mass is 9.84. The second-order valence-corrected chi connectivity index (χ2v) is 7.60. The fourth-order valence-electron chi connectivity index (χ4n) is 3.67. The van der Waals surface area contributed by atoms with Crippen LogP contribution in [0.25, 0.3) is 0 Å². The molecule has 8 nitrogen and oxygen atoms in total. The topological polar surface area (TPSA) is 95.1 Å². The van der Waals surface area contributed by atoms with E-state index in [1.165, 1.54) is 6.92 Å². The Morgan fingerprint density at radius 2 is 1.90 bits per heavy atom. The van der Waals surface area contributed by atoms with Gasteiger partial charge in [-0.3, -0.25) is 14.6 Å². The van der Waals surface area contributed by atoms with Crippen LogP contribution in [0, 0.1) is 5.41 Å². The quantitative estimate of drug-likeness (QED) is 0.208. The van der Waals surface area contributed by atoms with Gasteiger partial charge in [0.15, 0.2) is 5.96 Å². The molecule has 2 rings (SSSR count). The normalized spacial score (nSPS) is 15.0. The Morgan fingerprint density at radius 3 is 2.50 bits per heavy atom. The molecule has 0 atom stereocenters. The summed E-state index contributed by atoms with van der Waals surface area (Å²) in [7, 11) is 5.34. The van der Waals surface area contributed by atoms with Crippen molar-refractivity contribution in [3.8, 4) is 5.75 Å². The minimum atomic E-state index is -0.345. The monoisotopic (exact) mass is 531 g/mol. The number of ether oxygens (including phenoxy) is 1. The lowest BCUT2D eigenvalue weighted by Gasteiger charge is -2.31. The van der Waals surface area contributed by atoms with E-state index < -0.39 is 0 Å². The van der Waals surface area contributed by atoms with Crippen LogP contribution in [0.2, 0.25) is 0 Å². The average Bonchev–Trinajstić information content (AvgIpc) is 3.16. The van der Waals surface area contributed by atoms with Gasteiger partial charge in [0.25, 0.3) is 0 Å². The summed E-state index contributed by atoms with van der Waals surface area (Å²) in [4.78, 5) is 29.7. The third-order valence-corrected chi connectivity index (χ3v) is 5.06. The van der Waals surface area contributed by atoms with E-state index in [1.807, 2.05) is 32.3 Å². The minimum Gasteiger partial charge on any atom is -0.492 e. The predicted octanol–water partition coefficient (Wildman–Crippen LogP) is 2.46. The summed E-state index contributed by atoms with van der Waals surface area (Å²) in [5.74, 6) is 1.40. The van der Waals surface area contributed by atoms with Crippen LogP contribution in [0.3, 0.4) is 0 Å². The number of aliphatic imine (C=N–C) groups is 1. The molecule has 2 amide bonds. The Labute approximate surface area is 196 Å². The van der Waals surface area contributed by atoms with E-state index in [1.54, 1.807) is 18.0 Å². The largest absolute Gasteiger partial charge is 0.492 e. The molecule has 1 aliphatic carbocycles. The molecular weight excluding hydrogens is 497 g/mol. The highest BCUT2D eigenvalue weighted by molar-refractivity contribution is 14.0. The highest BCUT2D eigenvalue weighted by Gasteiger charge is 2.42. The Balaban J connectivity index is 0.00000450. The van der Waals surface area contributed by atoms with Crippen molar-refractivity contribution in [1.29, 1.82) is 0 Å². The number of rotatable bonds is 8. The maximum Gasteiger partial charge on any atom is 0.230 e. The van der Waals surface area contributed by atoms with Crippen LogP contribution < -0.4 is 20.7 Å². The number of carbonyl (C=O) groups excluding carboxylic acids is 2. The molecule has 0 bridgehead atoms. The van der Waals surface area contributed by atoms with Crippen molar-refractivity contribution in [2.45, 2.75) is 32.6 Å². The highest BCUT2D eigenvalue weighted by atomic mass is 127. The molecule has 0 aromatic heterocycles. The van der Waals surface area contributed by atoms with Gasteiger partial charge in [0, 0.05) is 46.4 Å². The van der Waals surface area contributed by atoms with Gasteiger partial charge in [-0.2, -0.15) is 0 Å². The molecule has 3 N–H and O–H groups in total. The standard InChI is InChI=1S/C21H33N5O3.HI/c1-16(27)25-17-8-7-9-18(14-17)29-13-12-23-20(22-2)24-15-21(10-5-6-11-21)19(28)26(3)4;/h7-9,14H,5-6,10-13,15H2,1-4H3,(H,25,27)(H2,22,23,24);1H. The smallest absolute Gasteiger partial charge is 0.230 e. The number of guanidine groups is 1. The van der Waals surface area contributed by atoms with Gasteiger partial charge in [0.1, 0.15) is 12.4 Å². The molecule has 0 aliphatic heterocycles. The van der Waals surface area contributed by atoms with Crippen molar-refractivity contribution in [3.05, 3.63) is 24.3 Å². The number of nitrogens with one attached hydrogen (secondary N) is 3. The Hall–Kier alpha value is -2.04. The van der Waals surface area contributed by atoms with Crippen molar-refractivity contribution >= 4 is 47.4 Å².